The van der Waals surface area contributed by atoms with Gasteiger partial charge in [-0.2, -0.15) is 0 Å². The monoisotopic (exact) mass is 575 g/mol. The van der Waals surface area contributed by atoms with Crippen molar-refractivity contribution < 1.29 is 31.9 Å². The number of rotatable bonds is 8. The van der Waals surface area contributed by atoms with Gasteiger partial charge in [0.05, 0.1) is 21.3 Å². The van der Waals surface area contributed by atoms with E-state index in [2.05, 4.69) is 27.9 Å². The van der Waals surface area contributed by atoms with Gasteiger partial charge in [-0.25, -0.2) is 8.42 Å². The van der Waals surface area contributed by atoms with E-state index in [9.17, 15) is 13.2 Å². The van der Waals surface area contributed by atoms with Crippen molar-refractivity contribution in [2.75, 3.05) is 39.1 Å². The Labute approximate surface area is 238 Å². The number of likely N-dealkylation sites (tertiary alicyclic amines) is 1. The predicted molar refractivity (Wildman–Crippen MR) is 154 cm³/mol. The first kappa shape index (κ1) is 27.9. The standard InChI is InChI=1S/C30H29N3O7S/c1-5-27(34)33-14-12-19(13-15-33)20-8-6-9-21(16-20)22-17-25(39-4)28-26(18-22)40-31-30(28)32-41(35,36)29-23(37-2)10-7-11-24(29)38-3/h1,6-11,16-19H,12-15H2,2-4H3,(H,31,32). The fraction of sp³-hybridized carbons (Fsp3) is 0.267. The lowest BCUT2D eigenvalue weighted by Crippen LogP contribution is -2.37. The first-order chi connectivity index (χ1) is 19.8. The van der Waals surface area contributed by atoms with Crippen molar-refractivity contribution in [3.63, 3.8) is 0 Å². The van der Waals surface area contributed by atoms with E-state index in [1.807, 2.05) is 18.2 Å². The Morgan fingerprint density at radius 2 is 1.63 bits per heavy atom. The second kappa shape index (κ2) is 11.4. The summed E-state index contributed by atoms with van der Waals surface area (Å²) in [5.41, 5.74) is 3.25. The van der Waals surface area contributed by atoms with Crippen LogP contribution in [0.1, 0.15) is 24.3 Å². The molecule has 1 aromatic heterocycles. The van der Waals surface area contributed by atoms with Crippen molar-refractivity contribution >= 4 is 32.7 Å². The second-order valence-corrected chi connectivity index (χ2v) is 11.1. The minimum Gasteiger partial charge on any atom is -0.496 e. The number of benzene rings is 3. The third-order valence-electron chi connectivity index (χ3n) is 7.24. The Morgan fingerprint density at radius 3 is 2.27 bits per heavy atom. The summed E-state index contributed by atoms with van der Waals surface area (Å²) >= 11 is 0. The van der Waals surface area contributed by atoms with E-state index in [4.69, 9.17) is 25.2 Å². The number of hydrogen-bond donors (Lipinski definition) is 1. The highest BCUT2D eigenvalue weighted by molar-refractivity contribution is 7.93. The van der Waals surface area contributed by atoms with Crippen LogP contribution < -0.4 is 18.9 Å². The second-order valence-electron chi connectivity index (χ2n) is 9.52. The highest BCUT2D eigenvalue weighted by Gasteiger charge is 2.28. The molecule has 11 heteroatoms. The highest BCUT2D eigenvalue weighted by atomic mass is 32.2. The minimum atomic E-state index is -4.19. The average Bonchev–Trinajstić information content (AvgIpc) is 3.41. The Morgan fingerprint density at radius 1 is 0.976 bits per heavy atom. The molecule has 2 heterocycles. The molecule has 212 valence electrons. The van der Waals surface area contributed by atoms with Crippen LogP contribution in [0, 0.1) is 12.3 Å². The number of nitrogens with one attached hydrogen (secondary N) is 1. The predicted octanol–water partition coefficient (Wildman–Crippen LogP) is 4.66. The van der Waals surface area contributed by atoms with Gasteiger partial charge in [0.1, 0.15) is 22.6 Å². The van der Waals surface area contributed by atoms with Crippen LogP contribution in [0.2, 0.25) is 0 Å². The van der Waals surface area contributed by atoms with Gasteiger partial charge >= 0.3 is 0 Å². The van der Waals surface area contributed by atoms with Crippen molar-refractivity contribution in [3.05, 3.63) is 60.2 Å². The van der Waals surface area contributed by atoms with Gasteiger partial charge in [0, 0.05) is 13.1 Å². The molecule has 1 amide bonds. The van der Waals surface area contributed by atoms with Crippen molar-refractivity contribution in [2.24, 2.45) is 0 Å². The highest BCUT2D eigenvalue weighted by Crippen LogP contribution is 2.40. The lowest BCUT2D eigenvalue weighted by Gasteiger charge is -2.31. The number of carbonyl (C=O) groups excluding carboxylic acids is 1. The summed E-state index contributed by atoms with van der Waals surface area (Å²) < 4.78 is 51.1. The van der Waals surface area contributed by atoms with Crippen molar-refractivity contribution in [3.8, 4) is 40.7 Å². The smallest absolute Gasteiger partial charge is 0.298 e. The van der Waals surface area contributed by atoms with Crippen LogP contribution in [0.4, 0.5) is 5.82 Å². The summed E-state index contributed by atoms with van der Waals surface area (Å²) in [5, 5.41) is 4.38. The van der Waals surface area contributed by atoms with E-state index in [0.29, 0.717) is 35.7 Å². The van der Waals surface area contributed by atoms with Gasteiger partial charge in [-0.05, 0) is 65.6 Å². The van der Waals surface area contributed by atoms with Crippen LogP contribution in [-0.4, -0.2) is 58.8 Å². The van der Waals surface area contributed by atoms with Crippen molar-refractivity contribution in [1.82, 2.24) is 10.1 Å². The van der Waals surface area contributed by atoms with Crippen molar-refractivity contribution in [2.45, 2.75) is 23.7 Å². The van der Waals surface area contributed by atoms with Gasteiger partial charge in [0.2, 0.25) is 0 Å². The third kappa shape index (κ3) is 5.38. The van der Waals surface area contributed by atoms with Gasteiger partial charge in [0.15, 0.2) is 16.3 Å². The van der Waals surface area contributed by atoms with Crippen LogP contribution in [0.3, 0.4) is 0 Å². The molecule has 0 spiro atoms. The van der Waals surface area contributed by atoms with Crippen LogP contribution in [0.15, 0.2) is 64.0 Å². The van der Waals surface area contributed by atoms with Crippen molar-refractivity contribution in [1.29, 1.82) is 0 Å². The molecule has 41 heavy (non-hydrogen) atoms. The van der Waals surface area contributed by atoms with E-state index < -0.39 is 10.0 Å². The molecule has 3 aromatic carbocycles. The normalized spacial score (nSPS) is 14.0. The fourth-order valence-electron chi connectivity index (χ4n) is 5.17. The number of terminal acetylenes is 1. The molecule has 1 N–H and O–H groups in total. The lowest BCUT2D eigenvalue weighted by atomic mass is 9.87. The molecular weight excluding hydrogens is 546 g/mol. The van der Waals surface area contributed by atoms with E-state index in [1.165, 1.54) is 33.5 Å². The molecule has 0 atom stereocenters. The molecule has 1 saturated heterocycles. The molecule has 1 aliphatic heterocycles. The Hall–Kier alpha value is -4.69. The number of carbonyl (C=O) groups is 1. The molecule has 0 radical (unpaired) electrons. The Kier molecular flexibility index (Phi) is 7.77. The zero-order valence-corrected chi connectivity index (χ0v) is 23.7. The number of piperidine rings is 1. The minimum absolute atomic E-state index is 0.0293. The number of ether oxygens (including phenoxy) is 3. The van der Waals surface area contributed by atoms with Crippen LogP contribution >= 0.6 is 0 Å². The summed E-state index contributed by atoms with van der Waals surface area (Å²) in [6.07, 6.45) is 6.91. The molecule has 1 aliphatic rings. The largest absolute Gasteiger partial charge is 0.496 e. The lowest BCUT2D eigenvalue weighted by molar-refractivity contribution is -0.126. The molecule has 0 bridgehead atoms. The number of amides is 1. The molecule has 0 saturated carbocycles. The number of methoxy groups -OCH3 is 3. The van der Waals surface area contributed by atoms with Crippen LogP contribution in [0.25, 0.3) is 22.1 Å². The Bertz CT molecular complexity index is 1730. The maximum absolute atomic E-state index is 13.4. The molecule has 4 aromatic rings. The number of nitrogens with zero attached hydrogens (tertiary/aromatic N) is 2. The average molecular weight is 576 g/mol. The first-order valence-corrected chi connectivity index (χ1v) is 14.3. The number of fused-ring (bicyclic) bond motifs is 1. The van der Waals surface area contributed by atoms with Gasteiger partial charge in [-0.15, -0.1) is 6.42 Å². The maximum Gasteiger partial charge on any atom is 0.298 e. The SMILES string of the molecule is C#CC(=O)N1CCC(c2cccc(-c3cc(OC)c4c(NS(=O)(=O)c5c(OC)cccc5OC)noc4c3)c2)CC1. The molecule has 5 rings (SSSR count). The number of anilines is 1. The number of hydrogen-bond acceptors (Lipinski definition) is 8. The maximum atomic E-state index is 13.4. The van der Waals surface area contributed by atoms with E-state index in [1.54, 1.807) is 17.0 Å². The van der Waals surface area contributed by atoms with Gasteiger partial charge in [0.25, 0.3) is 15.9 Å². The zero-order chi connectivity index (χ0) is 29.1. The van der Waals surface area contributed by atoms with E-state index in [-0.39, 0.29) is 28.1 Å². The summed E-state index contributed by atoms with van der Waals surface area (Å²) in [4.78, 5) is 13.4. The van der Waals surface area contributed by atoms with E-state index >= 15 is 0 Å². The number of sulfonamides is 1. The quantitative estimate of drug-likeness (QED) is 0.301. The van der Waals surface area contributed by atoms with E-state index in [0.717, 1.165) is 29.5 Å². The molecule has 0 aliphatic carbocycles. The molecule has 0 unspecified atom stereocenters. The summed E-state index contributed by atoms with van der Waals surface area (Å²) in [5.74, 6) is 2.80. The molecular formula is C30H29N3O7S. The molecule has 1 fully saturated rings. The van der Waals surface area contributed by atoms with Crippen LogP contribution in [0.5, 0.6) is 17.2 Å². The Balaban J connectivity index is 1.46. The van der Waals surface area contributed by atoms with Crippen LogP contribution in [-0.2, 0) is 14.8 Å². The van der Waals surface area contributed by atoms with Gasteiger partial charge in [-0.1, -0.05) is 35.5 Å². The van der Waals surface area contributed by atoms with Gasteiger partial charge in [-0.3, -0.25) is 9.52 Å². The third-order valence-corrected chi connectivity index (χ3v) is 8.64. The number of aromatic nitrogens is 1. The summed E-state index contributed by atoms with van der Waals surface area (Å²) in [6.45, 7) is 1.24. The topological polar surface area (TPSA) is 120 Å². The summed E-state index contributed by atoms with van der Waals surface area (Å²) in [7, 11) is 0.0588. The fourth-order valence-corrected chi connectivity index (χ4v) is 6.50. The molecule has 10 nitrogen and oxygen atoms in total. The first-order valence-electron chi connectivity index (χ1n) is 12.9. The van der Waals surface area contributed by atoms with Gasteiger partial charge < -0.3 is 23.6 Å². The zero-order valence-electron chi connectivity index (χ0n) is 22.8. The summed E-state index contributed by atoms with van der Waals surface area (Å²) in [6, 6.07) is 16.4.